The van der Waals surface area contributed by atoms with Gasteiger partial charge in [0.1, 0.15) is 16.7 Å². The number of benzene rings is 2. The average Bonchev–Trinajstić information content (AvgIpc) is 3.01. The predicted molar refractivity (Wildman–Crippen MR) is 171 cm³/mol. The molecule has 0 saturated heterocycles. The Morgan fingerprint density at radius 3 is 2.05 bits per heavy atom. The van der Waals surface area contributed by atoms with Gasteiger partial charge in [0.15, 0.2) is 0 Å². The van der Waals surface area contributed by atoms with Gasteiger partial charge >= 0.3 is 0 Å². The minimum atomic E-state index is -1.51. The molecule has 2 aromatic carbocycles. The first-order valence-electron chi connectivity index (χ1n) is 14.8. The molecule has 4 unspecified atom stereocenters. The fraction of sp³-hybridized carbons (Fsp3) is 0.562. The van der Waals surface area contributed by atoms with Crippen molar-refractivity contribution in [3.8, 4) is 5.75 Å². The van der Waals surface area contributed by atoms with Crippen molar-refractivity contribution >= 4 is 23.3 Å². The Kier molecular flexibility index (Phi) is 25.8. The number of aliphatic hydroxyl groups excluding tert-OH is 1. The van der Waals surface area contributed by atoms with Gasteiger partial charge < -0.3 is 20.5 Å². The fourth-order valence-corrected chi connectivity index (χ4v) is 4.75. The molecule has 234 valence electrons. The van der Waals surface area contributed by atoms with Crippen molar-refractivity contribution in [2.45, 2.75) is 91.7 Å². The number of carbonyl (C=O) groups excluding carboxylic acids is 2. The van der Waals surface area contributed by atoms with Gasteiger partial charge in [-0.15, -0.1) is 0 Å². The van der Waals surface area contributed by atoms with Crippen molar-refractivity contribution in [3.05, 3.63) is 60.2 Å². The first-order chi connectivity index (χ1) is 19.8. The summed E-state index contributed by atoms with van der Waals surface area (Å²) >= 11 is 0. The van der Waals surface area contributed by atoms with Crippen molar-refractivity contribution in [1.29, 1.82) is 0 Å². The number of hydrogen-bond donors (Lipinski definition) is 3. The van der Waals surface area contributed by atoms with Crippen LogP contribution in [0.4, 0.5) is 0 Å². The lowest BCUT2D eigenvalue weighted by molar-refractivity contribution is -0.123. The quantitative estimate of drug-likeness (QED) is 0.241. The molecule has 3 N–H and O–H groups in total. The number of nitrogens with zero attached hydrogens (tertiary/aromatic N) is 1. The van der Waals surface area contributed by atoms with Crippen LogP contribution in [0.25, 0.3) is 0 Å². The van der Waals surface area contributed by atoms with Crippen molar-refractivity contribution < 1.29 is 23.6 Å². The van der Waals surface area contributed by atoms with E-state index >= 15 is 0 Å². The Morgan fingerprint density at radius 2 is 1.56 bits per heavy atom. The van der Waals surface area contributed by atoms with E-state index in [1.54, 1.807) is 35.7 Å². The molecule has 2 rings (SSSR count). The molecule has 0 aliphatic carbocycles. The highest BCUT2D eigenvalue weighted by Crippen LogP contribution is 2.19. The average molecular weight is 594 g/mol. The van der Waals surface area contributed by atoms with Crippen LogP contribution in [0.2, 0.25) is 0 Å². The summed E-state index contributed by atoms with van der Waals surface area (Å²) in [7, 11) is 0.0644. The normalized spacial score (nSPS) is 12.9. The molecule has 0 spiro atoms. The third kappa shape index (κ3) is 17.6. The van der Waals surface area contributed by atoms with Crippen LogP contribution in [0.15, 0.2) is 59.5 Å². The maximum absolute atomic E-state index is 13.4. The van der Waals surface area contributed by atoms with Crippen molar-refractivity contribution in [3.63, 3.8) is 0 Å². The SMILES string of the molecule is CC.CC.CCC.CCC(C)CN(CC(O)C(Cc1ccccc1)NC(=O)CNC=O)S(=O)c1ccc(OC)cc1. The summed E-state index contributed by atoms with van der Waals surface area (Å²) in [6.07, 6.45) is 2.00. The lowest BCUT2D eigenvalue weighted by Gasteiger charge is -2.30. The summed E-state index contributed by atoms with van der Waals surface area (Å²) < 4.78 is 20.4. The standard InChI is InChI=1S/C25H35N3O5S.C3H8.2C2H6/c1-4-19(2)16-28(34(32)22-12-10-21(33-3)11-13-22)17-24(30)23(27-25(31)15-26-18-29)14-20-8-6-5-7-9-20;1-3-2;2*1-2/h5-13,18-19,23-24,30H,4,14-17H2,1-3H3,(H,26,29)(H,27,31);3H2,1-2H3;2*1-2H3. The molecule has 9 heteroatoms. The lowest BCUT2D eigenvalue weighted by Crippen LogP contribution is -2.51. The second-order valence-electron chi connectivity index (χ2n) is 8.92. The molecule has 0 aliphatic rings. The fourth-order valence-electron chi connectivity index (χ4n) is 3.41. The highest BCUT2D eigenvalue weighted by molar-refractivity contribution is 7.82. The Hall–Kier alpha value is -2.75. The molecular formula is C32H55N3O5S. The van der Waals surface area contributed by atoms with Gasteiger partial charge in [0.05, 0.1) is 30.7 Å². The van der Waals surface area contributed by atoms with E-state index in [2.05, 4.69) is 38.3 Å². The summed E-state index contributed by atoms with van der Waals surface area (Å²) in [5.74, 6) is 0.522. The summed E-state index contributed by atoms with van der Waals surface area (Å²) in [6, 6.07) is 15.9. The minimum Gasteiger partial charge on any atom is -0.497 e. The number of methoxy groups -OCH3 is 1. The van der Waals surface area contributed by atoms with Crippen LogP contribution in [0.1, 0.15) is 73.8 Å². The number of aliphatic hydroxyl groups is 1. The molecular weight excluding hydrogens is 538 g/mol. The summed E-state index contributed by atoms with van der Waals surface area (Å²) in [4.78, 5) is 23.5. The van der Waals surface area contributed by atoms with E-state index in [1.807, 2.05) is 58.0 Å². The highest BCUT2D eigenvalue weighted by Gasteiger charge is 2.27. The third-order valence-corrected chi connectivity index (χ3v) is 7.00. The van der Waals surface area contributed by atoms with Gasteiger partial charge in [-0.25, -0.2) is 8.51 Å². The lowest BCUT2D eigenvalue weighted by atomic mass is 10.0. The molecule has 41 heavy (non-hydrogen) atoms. The Bertz CT molecular complexity index is 929. The number of rotatable bonds is 15. The number of ether oxygens (including phenoxy) is 1. The second-order valence-corrected chi connectivity index (χ2v) is 10.4. The molecule has 2 amide bonds. The maximum atomic E-state index is 13.4. The first kappa shape index (κ1) is 40.4. The van der Waals surface area contributed by atoms with E-state index in [1.165, 1.54) is 6.42 Å². The van der Waals surface area contributed by atoms with Gasteiger partial charge in [0.25, 0.3) is 0 Å². The van der Waals surface area contributed by atoms with Gasteiger partial charge in [-0.3, -0.25) is 9.59 Å². The van der Waals surface area contributed by atoms with Gasteiger partial charge in [-0.05, 0) is 42.2 Å². The molecule has 0 heterocycles. The molecule has 0 saturated carbocycles. The smallest absolute Gasteiger partial charge is 0.239 e. The summed E-state index contributed by atoms with van der Waals surface area (Å²) in [5.41, 5.74) is 0.944. The van der Waals surface area contributed by atoms with E-state index in [0.717, 1.165) is 12.0 Å². The van der Waals surface area contributed by atoms with Crippen LogP contribution < -0.4 is 15.4 Å². The molecule has 0 bridgehead atoms. The molecule has 0 radical (unpaired) electrons. The van der Waals surface area contributed by atoms with Gasteiger partial charge in [-0.2, -0.15) is 0 Å². The van der Waals surface area contributed by atoms with Gasteiger partial charge in [-0.1, -0.05) is 98.6 Å². The van der Waals surface area contributed by atoms with Crippen LogP contribution in [0, 0.1) is 5.92 Å². The van der Waals surface area contributed by atoms with Crippen LogP contribution in [-0.2, 0) is 27.0 Å². The van der Waals surface area contributed by atoms with Crippen molar-refractivity contribution in [2.75, 3.05) is 26.7 Å². The Balaban J connectivity index is 0. The van der Waals surface area contributed by atoms with Crippen molar-refractivity contribution in [1.82, 2.24) is 14.9 Å². The zero-order valence-corrected chi connectivity index (χ0v) is 27.5. The van der Waals surface area contributed by atoms with Crippen LogP contribution in [0.5, 0.6) is 5.75 Å². The number of nitrogens with one attached hydrogen (secondary N) is 2. The van der Waals surface area contributed by atoms with Crippen molar-refractivity contribution in [2.24, 2.45) is 5.92 Å². The van der Waals surface area contributed by atoms with Crippen LogP contribution in [-0.4, -0.2) is 64.8 Å². The maximum Gasteiger partial charge on any atom is 0.239 e. The van der Waals surface area contributed by atoms with E-state index in [0.29, 0.717) is 30.0 Å². The molecule has 0 aliphatic heterocycles. The summed E-state index contributed by atoms with van der Waals surface area (Å²) in [6.45, 7) is 16.8. The first-order valence-corrected chi connectivity index (χ1v) is 15.9. The molecule has 4 atom stereocenters. The van der Waals surface area contributed by atoms with Crippen LogP contribution in [0.3, 0.4) is 0 Å². The highest BCUT2D eigenvalue weighted by atomic mass is 32.2. The topological polar surface area (TPSA) is 108 Å². The number of hydrogen-bond acceptors (Lipinski definition) is 5. The van der Waals surface area contributed by atoms with Gasteiger partial charge in [0.2, 0.25) is 12.3 Å². The largest absolute Gasteiger partial charge is 0.497 e. The molecule has 2 aromatic rings. The molecule has 0 fully saturated rings. The monoisotopic (exact) mass is 593 g/mol. The van der Waals surface area contributed by atoms with E-state index in [9.17, 15) is 18.9 Å². The number of carbonyl (C=O) groups is 2. The van der Waals surface area contributed by atoms with Crippen LogP contribution >= 0.6 is 0 Å². The van der Waals surface area contributed by atoms with Gasteiger partial charge in [0, 0.05) is 13.1 Å². The minimum absolute atomic E-state index is 0.0991. The number of amides is 2. The molecule has 8 nitrogen and oxygen atoms in total. The second kappa shape index (κ2) is 26.2. The van der Waals surface area contributed by atoms with E-state index in [4.69, 9.17) is 4.74 Å². The van der Waals surface area contributed by atoms with E-state index < -0.39 is 29.0 Å². The Morgan fingerprint density at radius 1 is 1.00 bits per heavy atom. The predicted octanol–water partition coefficient (Wildman–Crippen LogP) is 5.37. The Labute approximate surface area is 251 Å². The third-order valence-electron chi connectivity index (χ3n) is 5.55. The summed E-state index contributed by atoms with van der Waals surface area (Å²) in [5, 5.41) is 16.3. The zero-order chi connectivity index (χ0) is 31.6. The zero-order valence-electron chi connectivity index (χ0n) is 26.7. The molecule has 0 aromatic heterocycles. The van der Waals surface area contributed by atoms with E-state index in [-0.39, 0.29) is 19.0 Å².